The van der Waals surface area contributed by atoms with Gasteiger partial charge in [0.15, 0.2) is 5.65 Å². The van der Waals surface area contributed by atoms with Crippen LogP contribution in [0.5, 0.6) is 5.75 Å². The van der Waals surface area contributed by atoms with Gasteiger partial charge in [0.1, 0.15) is 35.5 Å². The number of aliphatic hydroxyl groups is 1. The number of methoxy groups -OCH3 is 1. The molecule has 12 heteroatoms. The summed E-state index contributed by atoms with van der Waals surface area (Å²) in [6.45, 7) is 5.75. The highest BCUT2D eigenvalue weighted by Gasteiger charge is 2.50. The quantitative estimate of drug-likeness (QED) is 0.0932. The molecule has 2 atom stereocenters. The number of likely N-dealkylation sites (tertiary alicyclic amines) is 1. The van der Waals surface area contributed by atoms with Crippen LogP contribution in [0, 0.1) is 29.1 Å². The lowest BCUT2D eigenvalue weighted by Gasteiger charge is -2.57. The number of nitrogens with zero attached hydrogens (tertiary/aromatic N) is 6. The molecule has 10 rings (SSSR count). The second-order valence-corrected chi connectivity index (χ2v) is 17.7. The molecule has 4 bridgehead atoms. The van der Waals surface area contributed by atoms with Crippen LogP contribution in [0.15, 0.2) is 54.9 Å². The van der Waals surface area contributed by atoms with E-state index in [4.69, 9.17) is 15.6 Å². The molecule has 0 radical (unpaired) electrons. The maximum Gasteiger partial charge on any atom is 0.272 e. The van der Waals surface area contributed by atoms with Crippen molar-refractivity contribution in [3.63, 3.8) is 0 Å². The Balaban J connectivity index is 0.818. The van der Waals surface area contributed by atoms with Gasteiger partial charge in [-0.05, 0) is 118 Å². The van der Waals surface area contributed by atoms with Gasteiger partial charge in [-0.3, -0.25) is 10.1 Å². The third-order valence-electron chi connectivity index (χ3n) is 13.9. The lowest BCUT2D eigenvalue weighted by molar-refractivity contribution is -0.0628. The van der Waals surface area contributed by atoms with Crippen LogP contribution in [0.2, 0.25) is 0 Å². The van der Waals surface area contributed by atoms with Gasteiger partial charge >= 0.3 is 0 Å². The number of aromatic nitrogens is 5. The number of amides is 1. The maximum absolute atomic E-state index is 13.4. The number of aryl methyl sites for hydroxylation is 1. The number of anilines is 2. The Kier molecular flexibility index (Phi) is 10.00. The molecular weight excluding hydrogens is 703 g/mol. The number of nitrogens with one attached hydrogen (secondary N) is 2. The molecule has 5 N–H and O–H groups in total. The van der Waals surface area contributed by atoms with Gasteiger partial charge in [0.25, 0.3) is 5.91 Å². The largest absolute Gasteiger partial charge is 0.495 e. The molecule has 3 aromatic heterocycles. The van der Waals surface area contributed by atoms with Gasteiger partial charge < -0.3 is 30.4 Å². The van der Waals surface area contributed by atoms with Crippen molar-refractivity contribution in [1.82, 2.24) is 34.5 Å². The zero-order chi connectivity index (χ0) is 38.6. The number of benzene rings is 2. The van der Waals surface area contributed by atoms with Crippen molar-refractivity contribution in [2.75, 3.05) is 44.3 Å². The van der Waals surface area contributed by atoms with Gasteiger partial charge in [-0.15, -0.1) is 0 Å². The minimum absolute atomic E-state index is 0.154. The second kappa shape index (κ2) is 15.1. The number of piperidine rings is 1. The number of hydrogen-bond donors (Lipinski definition) is 4. The van der Waals surface area contributed by atoms with Crippen molar-refractivity contribution in [3.05, 3.63) is 60.6 Å². The van der Waals surface area contributed by atoms with E-state index in [2.05, 4.69) is 32.4 Å². The normalized spacial score (nSPS) is 24.9. The molecule has 5 aliphatic rings. The van der Waals surface area contributed by atoms with Gasteiger partial charge in [0, 0.05) is 49.7 Å². The molecule has 4 aliphatic carbocycles. The fourth-order valence-electron chi connectivity index (χ4n) is 11.3. The van der Waals surface area contributed by atoms with Crippen LogP contribution in [-0.4, -0.2) is 79.7 Å². The first-order chi connectivity index (χ1) is 27.2. The third-order valence-corrected chi connectivity index (χ3v) is 13.9. The highest BCUT2D eigenvalue weighted by Crippen LogP contribution is 2.61. The molecule has 1 amide bonds. The molecule has 0 spiro atoms. The molecular formula is C44H57N9O3. The van der Waals surface area contributed by atoms with E-state index in [1.54, 1.807) is 7.11 Å². The lowest BCUT2D eigenvalue weighted by Crippen LogP contribution is -2.46. The third kappa shape index (κ3) is 7.05. The number of fused-ring (bicyclic) bond motifs is 2. The van der Waals surface area contributed by atoms with E-state index in [1.807, 2.05) is 64.8 Å². The molecule has 4 heterocycles. The first-order valence-corrected chi connectivity index (χ1v) is 20.8. The van der Waals surface area contributed by atoms with Crippen LogP contribution in [0.1, 0.15) is 87.7 Å². The van der Waals surface area contributed by atoms with Crippen LogP contribution in [0.25, 0.3) is 33.2 Å². The Bertz CT molecular complexity index is 2180. The topological polar surface area (TPSA) is 148 Å². The first kappa shape index (κ1) is 37.1. The van der Waals surface area contributed by atoms with Crippen molar-refractivity contribution < 1.29 is 14.6 Å². The summed E-state index contributed by atoms with van der Waals surface area (Å²) in [7, 11) is 3.48. The molecule has 5 aromatic rings. The SMILES string of the molecule is COc1cc(-c2nn(C3CCN(CCNC(O)[C@@H](C)CCC45CC6CC(CC(C6)C4)C5)CC3)c3ncnc(N)c23)ccc1NC(=O)c1cc2ccccc2n1C. The summed E-state index contributed by atoms with van der Waals surface area (Å²) in [5.41, 5.74) is 11.4. The van der Waals surface area contributed by atoms with E-state index < -0.39 is 6.23 Å². The zero-order valence-electron chi connectivity index (χ0n) is 33.1. The molecule has 296 valence electrons. The van der Waals surface area contributed by atoms with Crippen molar-refractivity contribution in [2.24, 2.45) is 36.1 Å². The maximum atomic E-state index is 13.4. The molecule has 56 heavy (non-hydrogen) atoms. The Morgan fingerprint density at radius 1 is 1.04 bits per heavy atom. The number of aliphatic hydroxyl groups excluding tert-OH is 1. The van der Waals surface area contributed by atoms with Gasteiger partial charge in [-0.2, -0.15) is 5.10 Å². The van der Waals surface area contributed by atoms with Gasteiger partial charge in [0.2, 0.25) is 0 Å². The molecule has 5 fully saturated rings. The van der Waals surface area contributed by atoms with E-state index >= 15 is 0 Å². The van der Waals surface area contributed by atoms with Crippen molar-refractivity contribution in [1.29, 1.82) is 0 Å². The molecule has 1 saturated heterocycles. The number of para-hydroxylation sites is 1. The number of hydrogen-bond acceptors (Lipinski definition) is 9. The van der Waals surface area contributed by atoms with Crippen LogP contribution in [0.3, 0.4) is 0 Å². The monoisotopic (exact) mass is 759 g/mol. The first-order valence-electron chi connectivity index (χ1n) is 20.8. The molecule has 1 unspecified atom stereocenters. The number of nitrogens with two attached hydrogens (primary N) is 1. The number of carbonyl (C=O) groups excluding carboxylic acids is 1. The van der Waals surface area contributed by atoms with Crippen LogP contribution < -0.4 is 21.1 Å². The van der Waals surface area contributed by atoms with Crippen LogP contribution in [-0.2, 0) is 7.05 Å². The summed E-state index contributed by atoms with van der Waals surface area (Å²) in [4.78, 5) is 24.9. The van der Waals surface area contributed by atoms with Gasteiger partial charge in [-0.1, -0.05) is 31.2 Å². The van der Waals surface area contributed by atoms with E-state index in [0.29, 0.717) is 45.1 Å². The number of nitrogen functional groups attached to an aromatic ring is 1. The van der Waals surface area contributed by atoms with E-state index in [-0.39, 0.29) is 17.9 Å². The second-order valence-electron chi connectivity index (χ2n) is 17.7. The van der Waals surface area contributed by atoms with Crippen LogP contribution in [0.4, 0.5) is 11.5 Å². The predicted octanol–water partition coefficient (Wildman–Crippen LogP) is 7.01. The fraction of sp³-hybridized carbons (Fsp3) is 0.545. The summed E-state index contributed by atoms with van der Waals surface area (Å²) in [6, 6.07) is 15.6. The summed E-state index contributed by atoms with van der Waals surface area (Å²) >= 11 is 0. The zero-order valence-corrected chi connectivity index (χ0v) is 33.1. The van der Waals surface area contributed by atoms with E-state index in [9.17, 15) is 9.90 Å². The lowest BCUT2D eigenvalue weighted by atomic mass is 9.48. The predicted molar refractivity (Wildman–Crippen MR) is 220 cm³/mol. The Morgan fingerprint density at radius 3 is 2.48 bits per heavy atom. The molecule has 2 aromatic carbocycles. The minimum Gasteiger partial charge on any atom is -0.495 e. The smallest absolute Gasteiger partial charge is 0.272 e. The summed E-state index contributed by atoms with van der Waals surface area (Å²) < 4.78 is 9.70. The van der Waals surface area contributed by atoms with Crippen molar-refractivity contribution in [3.8, 4) is 17.0 Å². The minimum atomic E-state index is -0.464. The average molecular weight is 760 g/mol. The molecule has 1 aliphatic heterocycles. The summed E-state index contributed by atoms with van der Waals surface area (Å²) in [5, 5.41) is 24.4. The number of ether oxygens (including phenoxy) is 1. The summed E-state index contributed by atoms with van der Waals surface area (Å²) in [5.74, 6) is 3.86. The highest BCUT2D eigenvalue weighted by molar-refractivity contribution is 6.07. The van der Waals surface area contributed by atoms with Gasteiger partial charge in [-0.25, -0.2) is 14.6 Å². The van der Waals surface area contributed by atoms with Gasteiger partial charge in [0.05, 0.1) is 24.2 Å². The van der Waals surface area contributed by atoms with E-state index in [0.717, 1.165) is 79.7 Å². The Labute approximate surface area is 329 Å². The number of rotatable bonds is 13. The average Bonchev–Trinajstić information content (AvgIpc) is 3.76. The Hall–Kier alpha value is -4.52. The van der Waals surface area contributed by atoms with Crippen LogP contribution >= 0.6 is 0 Å². The number of carbonyl (C=O) groups is 1. The molecule has 12 nitrogen and oxygen atoms in total. The van der Waals surface area contributed by atoms with E-state index in [1.165, 1.54) is 51.3 Å². The highest BCUT2D eigenvalue weighted by atomic mass is 16.5. The summed E-state index contributed by atoms with van der Waals surface area (Å²) in [6.07, 6.45) is 14.1. The Morgan fingerprint density at radius 2 is 1.77 bits per heavy atom. The standard InChI is InChI=1S/C44H57N9O3/c1-27(10-13-44-23-28-18-29(24-44)20-30(19-28)25-44)42(54)46-14-17-52-15-11-33(12-16-52)53-41-38(40(45)47-26-48-41)39(50-53)32-8-9-34(37(22-32)56-3)49-43(55)36-21-31-6-4-5-7-35(31)51(36)2/h4-9,21-22,26-30,33,42,46,54H,10-20,23-25H2,1-3H3,(H,49,55)(H2,45,47,48)/t27-,28?,29?,30?,42?,44?/m0/s1. The van der Waals surface area contributed by atoms with Crippen molar-refractivity contribution in [2.45, 2.75) is 83.4 Å². The molecule has 4 saturated carbocycles. The van der Waals surface area contributed by atoms with Crippen molar-refractivity contribution >= 4 is 39.3 Å². The fourth-order valence-corrected chi connectivity index (χ4v) is 11.3.